The number of anilines is 1. The highest BCUT2D eigenvalue weighted by Gasteiger charge is 2.25. The molecule has 0 unspecified atom stereocenters. The van der Waals surface area contributed by atoms with Crippen LogP contribution in [0.1, 0.15) is 27.1 Å². The molecule has 3 aromatic rings. The van der Waals surface area contributed by atoms with Gasteiger partial charge in [0, 0.05) is 27.7 Å². The van der Waals surface area contributed by atoms with Crippen molar-refractivity contribution >= 4 is 39.2 Å². The molecule has 0 radical (unpaired) electrons. The minimum absolute atomic E-state index is 0.188. The molecule has 0 aliphatic carbocycles. The number of nitrogens with one attached hydrogen (secondary N) is 1. The molecule has 3 aromatic carbocycles. The summed E-state index contributed by atoms with van der Waals surface area (Å²) in [6.07, 6.45) is -0.188. The number of ketones is 2. The number of carbonyl (C=O) groups is 3. The van der Waals surface area contributed by atoms with Gasteiger partial charge in [-0.2, -0.15) is 0 Å². The predicted octanol–water partition coefficient (Wildman–Crippen LogP) is 5.07. The van der Waals surface area contributed by atoms with E-state index in [0.29, 0.717) is 16.8 Å². The first-order valence-corrected chi connectivity index (χ1v) is 10.3. The third-order valence-electron chi connectivity index (χ3n) is 4.47. The molecule has 1 N–H and O–H groups in total. The molecule has 0 aliphatic heterocycles. The van der Waals surface area contributed by atoms with E-state index >= 15 is 0 Å². The second-order valence-electron chi connectivity index (χ2n) is 6.73. The molecule has 0 spiro atoms. The van der Waals surface area contributed by atoms with Crippen LogP contribution in [-0.2, 0) is 9.53 Å². The molecule has 3 rings (SSSR count). The average Bonchev–Trinajstić information content (AvgIpc) is 2.79. The van der Waals surface area contributed by atoms with Crippen molar-refractivity contribution in [1.82, 2.24) is 0 Å². The summed E-state index contributed by atoms with van der Waals surface area (Å²) in [7, 11) is 0. The predicted molar refractivity (Wildman–Crippen MR) is 119 cm³/mol. The number of benzene rings is 3. The van der Waals surface area contributed by atoms with Crippen LogP contribution in [0.25, 0.3) is 0 Å². The molecule has 7 heteroatoms. The zero-order valence-corrected chi connectivity index (χ0v) is 18.0. The van der Waals surface area contributed by atoms with Gasteiger partial charge in [0.25, 0.3) is 0 Å². The standard InChI is InChI=1S/C24H19BrFNO4/c25-18-8-6-17(7-9-18)23(29)15-31-24(30)21(27-20-12-10-19(26)11-13-20)14-22(28)16-4-2-1-3-5-16/h1-13,21,27H,14-15H2/t21-/m1/s1. The van der Waals surface area contributed by atoms with Crippen molar-refractivity contribution in [2.24, 2.45) is 0 Å². The van der Waals surface area contributed by atoms with Crippen molar-refractivity contribution in [2.45, 2.75) is 12.5 Å². The summed E-state index contributed by atoms with van der Waals surface area (Å²) in [5.74, 6) is -1.81. The third kappa shape index (κ3) is 6.58. The molecule has 158 valence electrons. The molecule has 0 bridgehead atoms. The van der Waals surface area contributed by atoms with Crippen LogP contribution in [0, 0.1) is 5.82 Å². The van der Waals surface area contributed by atoms with Gasteiger partial charge in [-0.3, -0.25) is 9.59 Å². The Balaban J connectivity index is 1.70. The molecule has 0 aromatic heterocycles. The van der Waals surface area contributed by atoms with Crippen molar-refractivity contribution in [1.29, 1.82) is 0 Å². The van der Waals surface area contributed by atoms with Crippen LogP contribution in [0.5, 0.6) is 0 Å². The largest absolute Gasteiger partial charge is 0.456 e. The fourth-order valence-corrected chi connectivity index (χ4v) is 3.09. The van der Waals surface area contributed by atoms with Crippen LogP contribution in [0.15, 0.2) is 83.3 Å². The number of rotatable bonds is 9. The Labute approximate surface area is 187 Å². The molecule has 5 nitrogen and oxygen atoms in total. The summed E-state index contributed by atoms with van der Waals surface area (Å²) in [6.45, 7) is -0.457. The maximum atomic E-state index is 13.2. The summed E-state index contributed by atoms with van der Waals surface area (Å²) in [4.78, 5) is 37.6. The van der Waals surface area contributed by atoms with Crippen LogP contribution in [0.3, 0.4) is 0 Å². The lowest BCUT2D eigenvalue weighted by Crippen LogP contribution is -2.34. The molecule has 31 heavy (non-hydrogen) atoms. The highest BCUT2D eigenvalue weighted by atomic mass is 79.9. The smallest absolute Gasteiger partial charge is 0.329 e. The van der Waals surface area contributed by atoms with Crippen LogP contribution in [0.4, 0.5) is 10.1 Å². The number of esters is 1. The summed E-state index contributed by atoms with van der Waals surface area (Å²) >= 11 is 3.29. The van der Waals surface area contributed by atoms with Crippen LogP contribution in [-0.4, -0.2) is 30.2 Å². The Morgan fingerprint density at radius 1 is 0.839 bits per heavy atom. The molecular formula is C24H19BrFNO4. The maximum absolute atomic E-state index is 13.2. The van der Waals surface area contributed by atoms with E-state index < -0.39 is 24.4 Å². The molecular weight excluding hydrogens is 465 g/mol. The van der Waals surface area contributed by atoms with Gasteiger partial charge >= 0.3 is 5.97 Å². The summed E-state index contributed by atoms with van der Waals surface area (Å²) in [5, 5.41) is 2.90. The zero-order chi connectivity index (χ0) is 22.2. The summed E-state index contributed by atoms with van der Waals surface area (Å²) < 4.78 is 19.2. The number of carbonyl (C=O) groups excluding carboxylic acids is 3. The van der Waals surface area contributed by atoms with Crippen molar-refractivity contribution < 1.29 is 23.5 Å². The van der Waals surface area contributed by atoms with Gasteiger partial charge < -0.3 is 10.1 Å². The fourth-order valence-electron chi connectivity index (χ4n) is 2.82. The molecule has 0 fully saturated rings. The van der Waals surface area contributed by atoms with Crippen molar-refractivity contribution in [3.05, 3.63) is 100 Å². The minimum atomic E-state index is -1.05. The Bertz CT molecular complexity index is 1050. The van der Waals surface area contributed by atoms with E-state index in [4.69, 9.17) is 4.74 Å². The van der Waals surface area contributed by atoms with Gasteiger partial charge in [-0.15, -0.1) is 0 Å². The Morgan fingerprint density at radius 3 is 2.10 bits per heavy atom. The van der Waals surface area contributed by atoms with Gasteiger partial charge in [0.1, 0.15) is 11.9 Å². The highest BCUT2D eigenvalue weighted by Crippen LogP contribution is 2.15. The molecule has 0 heterocycles. The van der Waals surface area contributed by atoms with E-state index in [0.717, 1.165) is 4.47 Å². The molecule has 0 saturated heterocycles. The Morgan fingerprint density at radius 2 is 1.45 bits per heavy atom. The van der Waals surface area contributed by atoms with Gasteiger partial charge in [0.05, 0.1) is 0 Å². The number of hydrogen-bond donors (Lipinski definition) is 1. The van der Waals surface area contributed by atoms with E-state index in [1.165, 1.54) is 24.3 Å². The van der Waals surface area contributed by atoms with Crippen LogP contribution < -0.4 is 5.32 Å². The normalized spacial score (nSPS) is 11.4. The SMILES string of the molecule is O=C(COC(=O)[C@@H](CC(=O)c1ccccc1)Nc1ccc(F)cc1)c1ccc(Br)cc1. The van der Waals surface area contributed by atoms with Gasteiger partial charge in [0.2, 0.25) is 0 Å². The lowest BCUT2D eigenvalue weighted by Gasteiger charge is -2.18. The number of ether oxygens (including phenoxy) is 1. The van der Waals surface area contributed by atoms with Gasteiger partial charge in [-0.25, -0.2) is 9.18 Å². The van der Waals surface area contributed by atoms with Crippen LogP contribution in [0.2, 0.25) is 0 Å². The molecule has 0 saturated carbocycles. The molecule has 1 atom stereocenters. The van der Waals surface area contributed by atoms with E-state index in [1.807, 2.05) is 0 Å². The lowest BCUT2D eigenvalue weighted by molar-refractivity contribution is -0.143. The second-order valence-corrected chi connectivity index (χ2v) is 7.65. The summed E-state index contributed by atoms with van der Waals surface area (Å²) in [5.41, 5.74) is 1.30. The highest BCUT2D eigenvalue weighted by molar-refractivity contribution is 9.10. The van der Waals surface area contributed by atoms with Crippen LogP contribution >= 0.6 is 15.9 Å². The van der Waals surface area contributed by atoms with E-state index in [1.54, 1.807) is 54.6 Å². The Kier molecular flexibility index (Phi) is 7.67. The minimum Gasteiger partial charge on any atom is -0.456 e. The Hall–Kier alpha value is -3.32. The second kappa shape index (κ2) is 10.6. The average molecular weight is 484 g/mol. The van der Waals surface area contributed by atoms with E-state index in [-0.39, 0.29) is 18.0 Å². The number of halogens is 2. The van der Waals surface area contributed by atoms with Crippen molar-refractivity contribution in [2.75, 3.05) is 11.9 Å². The first-order chi connectivity index (χ1) is 14.9. The maximum Gasteiger partial charge on any atom is 0.329 e. The quantitative estimate of drug-likeness (QED) is 0.339. The number of hydrogen-bond acceptors (Lipinski definition) is 5. The van der Waals surface area contributed by atoms with Gasteiger partial charge in [0.15, 0.2) is 18.2 Å². The van der Waals surface area contributed by atoms with Crippen molar-refractivity contribution in [3.63, 3.8) is 0 Å². The monoisotopic (exact) mass is 483 g/mol. The fraction of sp³-hybridized carbons (Fsp3) is 0.125. The van der Waals surface area contributed by atoms with Gasteiger partial charge in [-0.1, -0.05) is 58.4 Å². The first kappa shape index (κ1) is 22.4. The third-order valence-corrected chi connectivity index (χ3v) is 5.00. The lowest BCUT2D eigenvalue weighted by atomic mass is 10.0. The zero-order valence-electron chi connectivity index (χ0n) is 16.4. The van der Waals surface area contributed by atoms with E-state index in [2.05, 4.69) is 21.2 Å². The van der Waals surface area contributed by atoms with E-state index in [9.17, 15) is 18.8 Å². The van der Waals surface area contributed by atoms with Crippen molar-refractivity contribution in [3.8, 4) is 0 Å². The molecule has 0 amide bonds. The first-order valence-electron chi connectivity index (χ1n) is 9.48. The van der Waals surface area contributed by atoms with Gasteiger partial charge in [-0.05, 0) is 36.4 Å². The molecule has 0 aliphatic rings. The topological polar surface area (TPSA) is 72.5 Å². The number of Topliss-reactive ketones (excluding diaryl/α,β-unsaturated/α-hetero) is 2. The summed E-state index contributed by atoms with van der Waals surface area (Å²) in [6, 6.07) is 19.5.